The molecule has 0 spiro atoms. The Morgan fingerprint density at radius 3 is 2.56 bits per heavy atom. The number of nitrogens with two attached hydrogens (primary N) is 3. The van der Waals surface area contributed by atoms with Gasteiger partial charge in [-0.15, -0.1) is 0 Å². The topological polar surface area (TPSA) is 215 Å². The molecule has 1 aromatic rings. The van der Waals surface area contributed by atoms with Gasteiger partial charge < -0.3 is 37.9 Å². The Bertz CT molecular complexity index is 657. The molecule has 10 N–H and O–H groups in total. The van der Waals surface area contributed by atoms with Gasteiger partial charge in [-0.25, -0.2) is 4.98 Å². The van der Waals surface area contributed by atoms with E-state index in [-0.39, 0.29) is 12.4 Å². The molecular formula is C15H26N8O4. The SMILES string of the molecule is C[C@H](NC(=O)[C@H](Cc1cnc[nH]1)NC(=O)[C@@H](N)CCCN=C(N)N)C(=O)O. The van der Waals surface area contributed by atoms with E-state index in [0.29, 0.717) is 25.1 Å². The highest BCUT2D eigenvalue weighted by atomic mass is 16.4. The van der Waals surface area contributed by atoms with E-state index in [1.807, 2.05) is 0 Å². The van der Waals surface area contributed by atoms with Gasteiger partial charge in [0.05, 0.1) is 12.4 Å². The number of aliphatic imine (C=N–C) groups is 1. The van der Waals surface area contributed by atoms with E-state index in [9.17, 15) is 14.4 Å². The molecule has 150 valence electrons. The number of H-pyrrole nitrogens is 1. The van der Waals surface area contributed by atoms with Gasteiger partial charge in [0.15, 0.2) is 5.96 Å². The number of carbonyl (C=O) groups is 3. The van der Waals surface area contributed by atoms with Crippen LogP contribution in [0.25, 0.3) is 0 Å². The third kappa shape index (κ3) is 8.18. The number of aromatic nitrogens is 2. The van der Waals surface area contributed by atoms with Crippen molar-refractivity contribution in [3.8, 4) is 0 Å². The lowest BCUT2D eigenvalue weighted by Gasteiger charge is -2.21. The summed E-state index contributed by atoms with van der Waals surface area (Å²) >= 11 is 0. The zero-order chi connectivity index (χ0) is 20.4. The second-order valence-corrected chi connectivity index (χ2v) is 5.97. The van der Waals surface area contributed by atoms with Crippen LogP contribution in [0.15, 0.2) is 17.5 Å². The molecule has 0 saturated carbocycles. The molecule has 1 aromatic heterocycles. The fourth-order valence-corrected chi connectivity index (χ4v) is 2.13. The largest absolute Gasteiger partial charge is 0.480 e. The molecule has 27 heavy (non-hydrogen) atoms. The van der Waals surface area contributed by atoms with Crippen molar-refractivity contribution in [1.82, 2.24) is 20.6 Å². The number of nitrogens with one attached hydrogen (secondary N) is 3. The van der Waals surface area contributed by atoms with Crippen LogP contribution in [0.1, 0.15) is 25.5 Å². The van der Waals surface area contributed by atoms with Crippen LogP contribution >= 0.6 is 0 Å². The van der Waals surface area contributed by atoms with Crippen LogP contribution in [0.3, 0.4) is 0 Å². The lowest BCUT2D eigenvalue weighted by Crippen LogP contribution is -2.54. The van der Waals surface area contributed by atoms with Crippen LogP contribution < -0.4 is 27.8 Å². The number of carboxylic acid groups (broad SMARTS) is 1. The molecule has 12 nitrogen and oxygen atoms in total. The third-order valence-electron chi connectivity index (χ3n) is 3.65. The first-order valence-corrected chi connectivity index (χ1v) is 8.32. The van der Waals surface area contributed by atoms with Crippen molar-refractivity contribution in [1.29, 1.82) is 0 Å². The van der Waals surface area contributed by atoms with Gasteiger partial charge in [-0.1, -0.05) is 0 Å². The Kier molecular flexibility index (Phi) is 8.72. The normalized spacial score (nSPS) is 13.9. The standard InChI is InChI=1S/C15H26N8O4/c1-8(14(26)27)22-13(25)11(5-9-6-19-7-21-9)23-12(24)10(16)3-2-4-20-15(17)18/h6-8,10-11H,2-5,16H2,1H3,(H,19,21)(H,22,25)(H,23,24)(H,26,27)(H4,17,18,20)/t8-,10-,11-/m0/s1. The summed E-state index contributed by atoms with van der Waals surface area (Å²) < 4.78 is 0. The number of guanidine groups is 1. The quantitative estimate of drug-likeness (QED) is 0.122. The number of carbonyl (C=O) groups excluding carboxylic acids is 2. The van der Waals surface area contributed by atoms with E-state index in [2.05, 4.69) is 25.6 Å². The number of nitrogens with zero attached hydrogens (tertiary/aromatic N) is 2. The molecule has 0 aromatic carbocycles. The minimum Gasteiger partial charge on any atom is -0.480 e. The highest BCUT2D eigenvalue weighted by Gasteiger charge is 2.26. The Morgan fingerprint density at radius 2 is 2.00 bits per heavy atom. The number of carboxylic acids is 1. The zero-order valence-corrected chi connectivity index (χ0v) is 15.0. The van der Waals surface area contributed by atoms with E-state index >= 15 is 0 Å². The molecule has 2 amide bonds. The van der Waals surface area contributed by atoms with Crippen LogP contribution in [-0.2, 0) is 20.8 Å². The van der Waals surface area contributed by atoms with E-state index in [0.717, 1.165) is 0 Å². The Morgan fingerprint density at radius 1 is 1.30 bits per heavy atom. The van der Waals surface area contributed by atoms with Gasteiger partial charge in [0.2, 0.25) is 11.8 Å². The minimum absolute atomic E-state index is 0.0446. The number of aliphatic carboxylic acids is 1. The van der Waals surface area contributed by atoms with Crippen molar-refractivity contribution >= 4 is 23.7 Å². The van der Waals surface area contributed by atoms with Crippen molar-refractivity contribution < 1.29 is 19.5 Å². The van der Waals surface area contributed by atoms with Crippen LogP contribution in [0.5, 0.6) is 0 Å². The molecule has 1 heterocycles. The first-order valence-electron chi connectivity index (χ1n) is 8.32. The summed E-state index contributed by atoms with van der Waals surface area (Å²) in [7, 11) is 0. The molecule has 0 saturated heterocycles. The average Bonchev–Trinajstić information content (AvgIpc) is 3.10. The van der Waals surface area contributed by atoms with Crippen LogP contribution in [-0.4, -0.2) is 63.5 Å². The van der Waals surface area contributed by atoms with Gasteiger partial charge in [0.25, 0.3) is 0 Å². The summed E-state index contributed by atoms with van der Waals surface area (Å²) in [5.41, 5.74) is 16.9. The molecule has 0 bridgehead atoms. The number of amides is 2. The summed E-state index contributed by atoms with van der Waals surface area (Å²) in [4.78, 5) is 46.1. The number of aromatic amines is 1. The van der Waals surface area contributed by atoms with Crippen molar-refractivity contribution in [3.05, 3.63) is 18.2 Å². The first kappa shape index (κ1) is 21.9. The van der Waals surface area contributed by atoms with Crippen LogP contribution in [0.2, 0.25) is 0 Å². The van der Waals surface area contributed by atoms with Crippen molar-refractivity contribution in [2.24, 2.45) is 22.2 Å². The smallest absolute Gasteiger partial charge is 0.325 e. The molecule has 0 fully saturated rings. The van der Waals surface area contributed by atoms with E-state index in [1.54, 1.807) is 0 Å². The molecule has 0 aliphatic heterocycles. The summed E-state index contributed by atoms with van der Waals surface area (Å²) in [6, 6.07) is -2.98. The first-order chi connectivity index (χ1) is 12.7. The molecule has 0 aliphatic rings. The molecule has 0 unspecified atom stereocenters. The monoisotopic (exact) mass is 382 g/mol. The van der Waals surface area contributed by atoms with Crippen molar-refractivity contribution in [2.75, 3.05) is 6.54 Å². The van der Waals surface area contributed by atoms with Gasteiger partial charge in [-0.3, -0.25) is 19.4 Å². The highest BCUT2D eigenvalue weighted by Crippen LogP contribution is 2.02. The summed E-state index contributed by atoms with van der Waals surface area (Å²) in [5.74, 6) is -2.41. The summed E-state index contributed by atoms with van der Waals surface area (Å²) in [6.07, 6.45) is 3.83. The van der Waals surface area contributed by atoms with Gasteiger partial charge in [0.1, 0.15) is 12.1 Å². The third-order valence-corrected chi connectivity index (χ3v) is 3.65. The van der Waals surface area contributed by atoms with Crippen LogP contribution in [0.4, 0.5) is 0 Å². The Labute approximate surface area is 156 Å². The second-order valence-electron chi connectivity index (χ2n) is 5.97. The minimum atomic E-state index is -1.19. The fourth-order valence-electron chi connectivity index (χ4n) is 2.13. The molecule has 3 atom stereocenters. The number of hydrogen-bond acceptors (Lipinski definition) is 6. The van der Waals surface area contributed by atoms with E-state index < -0.39 is 35.9 Å². The van der Waals surface area contributed by atoms with Gasteiger partial charge in [0, 0.05) is 24.9 Å². The summed E-state index contributed by atoms with van der Waals surface area (Å²) in [5, 5.41) is 13.8. The highest BCUT2D eigenvalue weighted by molar-refractivity contribution is 5.91. The summed E-state index contributed by atoms with van der Waals surface area (Å²) in [6.45, 7) is 1.65. The number of rotatable bonds is 11. The Balaban J connectivity index is 2.68. The maximum Gasteiger partial charge on any atom is 0.325 e. The molecule has 0 aliphatic carbocycles. The van der Waals surface area contributed by atoms with Crippen LogP contribution in [0, 0.1) is 0 Å². The van der Waals surface area contributed by atoms with E-state index in [4.69, 9.17) is 22.3 Å². The zero-order valence-electron chi connectivity index (χ0n) is 15.0. The predicted octanol–water partition coefficient (Wildman–Crippen LogP) is -2.59. The number of imidazole rings is 1. The van der Waals surface area contributed by atoms with Gasteiger partial charge >= 0.3 is 5.97 Å². The van der Waals surface area contributed by atoms with Crippen molar-refractivity contribution in [3.63, 3.8) is 0 Å². The van der Waals surface area contributed by atoms with Gasteiger partial charge in [-0.05, 0) is 19.8 Å². The molecular weight excluding hydrogens is 356 g/mol. The van der Waals surface area contributed by atoms with Crippen molar-refractivity contribution in [2.45, 2.75) is 44.3 Å². The maximum absolute atomic E-state index is 12.4. The van der Waals surface area contributed by atoms with E-state index in [1.165, 1.54) is 19.4 Å². The lowest BCUT2D eigenvalue weighted by atomic mass is 10.1. The fraction of sp³-hybridized carbons (Fsp3) is 0.533. The molecule has 12 heteroatoms. The molecule has 1 rings (SSSR count). The second kappa shape index (κ2) is 10.8. The number of hydrogen-bond donors (Lipinski definition) is 7. The predicted molar refractivity (Wildman–Crippen MR) is 97.3 cm³/mol. The molecule has 0 radical (unpaired) electrons. The Hall–Kier alpha value is -3.15. The maximum atomic E-state index is 12.4. The lowest BCUT2D eigenvalue weighted by molar-refractivity contribution is -0.141. The van der Waals surface area contributed by atoms with Gasteiger partial charge in [-0.2, -0.15) is 0 Å². The average molecular weight is 382 g/mol.